The zero-order chi connectivity index (χ0) is 20.2. The fourth-order valence-corrected chi connectivity index (χ4v) is 11.0. The zero-order valence-electron chi connectivity index (χ0n) is 17.6. The molecule has 1 heterocycles. The Morgan fingerprint density at radius 2 is 0.862 bits per heavy atom. The highest BCUT2D eigenvalue weighted by atomic mass is 28.3. The summed E-state index contributed by atoms with van der Waals surface area (Å²) in [7, 11) is -2.35. The van der Waals surface area contributed by atoms with Gasteiger partial charge in [-0.1, -0.05) is 96.1 Å². The first kappa shape index (κ1) is 18.1. The van der Waals surface area contributed by atoms with Crippen LogP contribution in [0.2, 0.25) is 0 Å². The number of hydrogen-bond acceptors (Lipinski definition) is 0. The number of hydrogen-bond donors (Lipinski definition) is 0. The minimum Gasteiger partial charge on any atom is -0.0623 e. The van der Waals surface area contributed by atoms with Crippen LogP contribution in [0.4, 0.5) is 0 Å². The summed E-state index contributed by atoms with van der Waals surface area (Å²) >= 11 is 0. The lowest BCUT2D eigenvalue weighted by Gasteiger charge is -2.32. The molecule has 0 nitrogen and oxygen atoms in total. The Balaban J connectivity index is 2.05. The molecule has 0 amide bonds. The van der Waals surface area contributed by atoms with Gasteiger partial charge in [0.15, 0.2) is 8.07 Å². The number of rotatable bonds is 2. The van der Waals surface area contributed by atoms with E-state index in [1.54, 1.807) is 10.4 Å². The van der Waals surface area contributed by atoms with Gasteiger partial charge >= 0.3 is 0 Å². The molecule has 0 fully saturated rings. The van der Waals surface area contributed by atoms with Crippen molar-refractivity contribution in [2.75, 3.05) is 0 Å². The van der Waals surface area contributed by atoms with Gasteiger partial charge in [0.1, 0.15) is 0 Å². The van der Waals surface area contributed by atoms with Crippen LogP contribution in [0.1, 0.15) is 22.3 Å². The summed E-state index contributed by atoms with van der Waals surface area (Å²) in [6.07, 6.45) is 0. The average Bonchev–Trinajstić information content (AvgIpc) is 3.00. The normalized spacial score (nSPS) is 13.8. The number of fused-ring (bicyclic) bond motifs is 3. The van der Waals surface area contributed by atoms with Gasteiger partial charge in [0, 0.05) is 0 Å². The monoisotopic (exact) mass is 390 g/mol. The highest BCUT2D eigenvalue weighted by Gasteiger charge is 2.49. The van der Waals surface area contributed by atoms with Gasteiger partial charge in [0.2, 0.25) is 0 Å². The van der Waals surface area contributed by atoms with Crippen LogP contribution >= 0.6 is 0 Å². The summed E-state index contributed by atoms with van der Waals surface area (Å²) in [5, 5.41) is 6.05. The molecule has 1 heteroatoms. The van der Waals surface area contributed by atoms with E-state index in [0.29, 0.717) is 0 Å². The van der Waals surface area contributed by atoms with Gasteiger partial charge in [-0.05, 0) is 70.7 Å². The molecular weight excluding hydrogens is 364 g/mol. The van der Waals surface area contributed by atoms with Crippen molar-refractivity contribution in [1.29, 1.82) is 0 Å². The lowest BCUT2D eigenvalue weighted by molar-refractivity contribution is 1.37. The van der Waals surface area contributed by atoms with E-state index in [9.17, 15) is 0 Å². The van der Waals surface area contributed by atoms with E-state index in [0.717, 1.165) is 0 Å². The van der Waals surface area contributed by atoms with Crippen molar-refractivity contribution in [3.63, 3.8) is 0 Å². The van der Waals surface area contributed by atoms with Crippen molar-refractivity contribution in [3.8, 4) is 11.1 Å². The van der Waals surface area contributed by atoms with Crippen molar-refractivity contribution in [3.05, 3.63) is 107 Å². The van der Waals surface area contributed by atoms with Crippen molar-refractivity contribution >= 4 is 28.8 Å². The number of benzene rings is 4. The van der Waals surface area contributed by atoms with E-state index < -0.39 is 8.07 Å². The first-order valence-electron chi connectivity index (χ1n) is 10.4. The molecule has 0 N–H and O–H groups in total. The predicted octanol–water partition coefficient (Wildman–Crippen LogP) is 4.28. The van der Waals surface area contributed by atoms with Crippen LogP contribution in [0, 0.1) is 27.7 Å². The van der Waals surface area contributed by atoms with E-state index in [4.69, 9.17) is 0 Å². The smallest absolute Gasteiger partial charge is 0.0623 e. The minimum absolute atomic E-state index is 1.35. The SMILES string of the molecule is Cc1cc(C)c2c(c1)[Si](c1ccccc1)(c1ccccc1)c1cc(C)cc(C)c1-2. The Kier molecular flexibility index (Phi) is 4.11. The van der Waals surface area contributed by atoms with Crippen LogP contribution < -0.4 is 20.7 Å². The third-order valence-corrected chi connectivity index (χ3v) is 11.2. The van der Waals surface area contributed by atoms with E-state index in [-0.39, 0.29) is 0 Å². The molecular formula is C28H26Si. The first-order valence-corrected chi connectivity index (χ1v) is 12.4. The fraction of sp³-hybridized carbons (Fsp3) is 0.143. The van der Waals surface area contributed by atoms with Crippen LogP contribution in [-0.2, 0) is 0 Å². The van der Waals surface area contributed by atoms with Crippen molar-refractivity contribution < 1.29 is 0 Å². The van der Waals surface area contributed by atoms with Crippen LogP contribution in [0.3, 0.4) is 0 Å². The van der Waals surface area contributed by atoms with E-state index in [2.05, 4.69) is 113 Å². The van der Waals surface area contributed by atoms with Crippen LogP contribution in [0.5, 0.6) is 0 Å². The molecule has 1 aliphatic heterocycles. The predicted molar refractivity (Wildman–Crippen MR) is 128 cm³/mol. The Morgan fingerprint density at radius 1 is 0.483 bits per heavy atom. The van der Waals surface area contributed by atoms with E-state index in [1.165, 1.54) is 43.8 Å². The van der Waals surface area contributed by atoms with Crippen molar-refractivity contribution in [2.45, 2.75) is 27.7 Å². The maximum atomic E-state index is 2.48. The van der Waals surface area contributed by atoms with Gasteiger partial charge in [-0.3, -0.25) is 0 Å². The standard InChI is InChI=1S/C28H26Si/c1-19-15-21(3)27-25(17-19)29(23-11-7-5-8-12-23,24-13-9-6-10-14-24)26-18-20(2)16-22(4)28(26)27/h5-18H,1-4H3. The lowest BCUT2D eigenvalue weighted by Crippen LogP contribution is -2.73. The van der Waals surface area contributed by atoms with Gasteiger partial charge in [-0.15, -0.1) is 0 Å². The Morgan fingerprint density at radius 3 is 1.24 bits per heavy atom. The summed E-state index contributed by atoms with van der Waals surface area (Å²) < 4.78 is 0. The molecule has 0 saturated heterocycles. The summed E-state index contributed by atoms with van der Waals surface area (Å²) in [5.41, 5.74) is 8.45. The fourth-order valence-electron chi connectivity index (χ4n) is 5.50. The van der Waals surface area contributed by atoms with Crippen LogP contribution in [0.15, 0.2) is 84.9 Å². The second-order valence-corrected chi connectivity index (χ2v) is 12.2. The molecule has 1 aliphatic rings. The van der Waals surface area contributed by atoms with E-state index in [1.807, 2.05) is 0 Å². The summed E-state index contributed by atoms with van der Waals surface area (Å²) in [4.78, 5) is 0. The third-order valence-electron chi connectivity index (χ3n) is 6.43. The molecule has 0 atom stereocenters. The molecule has 0 radical (unpaired) electrons. The Bertz CT molecular complexity index is 1120. The second-order valence-electron chi connectivity index (χ2n) is 8.49. The quantitative estimate of drug-likeness (QED) is 0.395. The highest BCUT2D eigenvalue weighted by Crippen LogP contribution is 2.34. The van der Waals surface area contributed by atoms with Crippen LogP contribution in [-0.4, -0.2) is 8.07 Å². The molecule has 142 valence electrons. The molecule has 0 aliphatic carbocycles. The average molecular weight is 391 g/mol. The summed E-state index contributed by atoms with van der Waals surface area (Å²) in [6, 6.07) is 32.2. The molecule has 4 aromatic carbocycles. The molecule has 0 unspecified atom stereocenters. The minimum atomic E-state index is -2.35. The van der Waals surface area contributed by atoms with Crippen LogP contribution in [0.25, 0.3) is 11.1 Å². The number of aryl methyl sites for hydroxylation is 4. The van der Waals surface area contributed by atoms with Crippen molar-refractivity contribution in [1.82, 2.24) is 0 Å². The van der Waals surface area contributed by atoms with Gasteiger partial charge < -0.3 is 0 Å². The summed E-state index contributed by atoms with van der Waals surface area (Å²) in [6.45, 7) is 9.05. The molecule has 4 aromatic rings. The van der Waals surface area contributed by atoms with Gasteiger partial charge in [-0.2, -0.15) is 0 Å². The maximum absolute atomic E-state index is 2.48. The summed E-state index contributed by atoms with van der Waals surface area (Å²) in [5.74, 6) is 0. The third kappa shape index (κ3) is 2.51. The lowest BCUT2D eigenvalue weighted by atomic mass is 9.94. The molecule has 0 spiro atoms. The molecule has 29 heavy (non-hydrogen) atoms. The Labute approximate surface area is 174 Å². The molecule has 0 saturated carbocycles. The van der Waals surface area contributed by atoms with Crippen molar-refractivity contribution in [2.24, 2.45) is 0 Å². The Hall–Kier alpha value is -2.90. The second kappa shape index (κ2) is 6.57. The zero-order valence-corrected chi connectivity index (χ0v) is 18.6. The van der Waals surface area contributed by atoms with Gasteiger partial charge in [-0.25, -0.2) is 0 Å². The molecule has 0 aromatic heterocycles. The molecule has 5 rings (SSSR count). The topological polar surface area (TPSA) is 0 Å². The van der Waals surface area contributed by atoms with Gasteiger partial charge in [0.05, 0.1) is 0 Å². The first-order chi connectivity index (χ1) is 14.0. The highest BCUT2D eigenvalue weighted by molar-refractivity contribution is 7.22. The van der Waals surface area contributed by atoms with E-state index >= 15 is 0 Å². The largest absolute Gasteiger partial charge is 0.180 e. The maximum Gasteiger partial charge on any atom is 0.180 e. The molecule has 0 bridgehead atoms. The van der Waals surface area contributed by atoms with Gasteiger partial charge in [0.25, 0.3) is 0 Å².